The summed E-state index contributed by atoms with van der Waals surface area (Å²) in [6.45, 7) is 0.320. The highest BCUT2D eigenvalue weighted by molar-refractivity contribution is 7.93. The lowest BCUT2D eigenvalue weighted by molar-refractivity contribution is -0.154. The smallest absolute Gasteiger partial charge is 0.422 e. The van der Waals surface area contributed by atoms with Crippen LogP contribution in [0.2, 0.25) is 0 Å². The third kappa shape index (κ3) is 6.66. The number of nitrogens with zero attached hydrogens (tertiary/aromatic N) is 4. The number of nitrogens with one attached hydrogen (secondary N) is 2. The molecule has 1 saturated carbocycles. The molecule has 10 nitrogen and oxygen atoms in total. The van der Waals surface area contributed by atoms with E-state index in [0.717, 1.165) is 17.5 Å². The monoisotopic (exact) mass is 542 g/mol. The van der Waals surface area contributed by atoms with E-state index in [-0.39, 0.29) is 33.7 Å². The first-order valence-corrected chi connectivity index (χ1v) is 13.2. The zero-order valence-corrected chi connectivity index (χ0v) is 20.5. The number of halogens is 3. The van der Waals surface area contributed by atoms with E-state index < -0.39 is 28.7 Å². The Bertz CT molecular complexity index is 1330. The van der Waals surface area contributed by atoms with E-state index in [1.165, 1.54) is 18.5 Å². The second kappa shape index (κ2) is 10.3. The Morgan fingerprint density at radius 3 is 2.64 bits per heavy atom. The first kappa shape index (κ1) is 25.8. The van der Waals surface area contributed by atoms with Gasteiger partial charge in [0, 0.05) is 17.1 Å². The van der Waals surface area contributed by atoms with Crippen LogP contribution < -0.4 is 14.8 Å². The van der Waals surface area contributed by atoms with E-state index >= 15 is 0 Å². The van der Waals surface area contributed by atoms with Gasteiger partial charge in [-0.05, 0) is 31.4 Å². The Kier molecular flexibility index (Phi) is 7.40. The van der Waals surface area contributed by atoms with Crippen molar-refractivity contribution in [3.63, 3.8) is 0 Å². The fraction of sp³-hybridized carbons (Fsp3) is 0.381. The molecular weight excluding hydrogens is 521 g/mol. The van der Waals surface area contributed by atoms with Crippen molar-refractivity contribution in [2.24, 2.45) is 0 Å². The molecule has 15 heteroatoms. The molecule has 0 bridgehead atoms. The highest BCUT2D eigenvalue weighted by Gasteiger charge is 2.36. The lowest BCUT2D eigenvalue weighted by Crippen LogP contribution is -2.22. The molecule has 192 valence electrons. The first-order chi connectivity index (χ1) is 17.0. The van der Waals surface area contributed by atoms with E-state index in [4.69, 9.17) is 0 Å². The third-order valence-corrected chi connectivity index (χ3v) is 7.84. The van der Waals surface area contributed by atoms with Gasteiger partial charge < -0.3 is 10.1 Å². The van der Waals surface area contributed by atoms with Gasteiger partial charge in [-0.2, -0.15) is 13.2 Å². The minimum absolute atomic E-state index is 0.216. The third-order valence-electron chi connectivity index (χ3n) is 5.10. The number of anilines is 2. The van der Waals surface area contributed by atoms with Crippen molar-refractivity contribution in [2.45, 2.75) is 43.5 Å². The molecule has 36 heavy (non-hydrogen) atoms. The van der Waals surface area contributed by atoms with Crippen molar-refractivity contribution in [1.82, 2.24) is 19.9 Å². The van der Waals surface area contributed by atoms with Crippen LogP contribution in [-0.4, -0.2) is 52.3 Å². The molecule has 3 heterocycles. The van der Waals surface area contributed by atoms with E-state index in [1.54, 1.807) is 18.4 Å². The predicted octanol–water partition coefficient (Wildman–Crippen LogP) is 3.97. The van der Waals surface area contributed by atoms with Crippen LogP contribution in [0.15, 0.2) is 36.1 Å². The van der Waals surface area contributed by atoms with Gasteiger partial charge >= 0.3 is 6.18 Å². The summed E-state index contributed by atoms with van der Waals surface area (Å²) < 4.78 is 68.4. The zero-order chi connectivity index (χ0) is 25.9. The molecule has 1 aliphatic rings. The van der Waals surface area contributed by atoms with Crippen LogP contribution in [0.25, 0.3) is 11.3 Å². The quantitative estimate of drug-likeness (QED) is 0.393. The van der Waals surface area contributed by atoms with E-state index in [2.05, 4.69) is 34.7 Å². The number of ether oxygens (including phenoxy) is 1. The molecule has 1 fully saturated rings. The maximum atomic E-state index is 12.9. The van der Waals surface area contributed by atoms with Crippen molar-refractivity contribution in [1.29, 1.82) is 0 Å². The number of rotatable bonds is 10. The lowest BCUT2D eigenvalue weighted by atomic mass is 10.0. The summed E-state index contributed by atoms with van der Waals surface area (Å²) >= 11 is 1.11. The van der Waals surface area contributed by atoms with Gasteiger partial charge in [0.25, 0.3) is 0 Å². The average molecular weight is 543 g/mol. The number of alkyl halides is 3. The minimum Gasteiger partial charge on any atom is -0.467 e. The molecule has 1 atom stereocenters. The highest BCUT2D eigenvalue weighted by Crippen LogP contribution is 2.32. The summed E-state index contributed by atoms with van der Waals surface area (Å²) in [6, 6.07) is 3.09. The molecule has 2 N–H and O–H groups in total. The van der Waals surface area contributed by atoms with Crippen molar-refractivity contribution in [2.75, 3.05) is 16.6 Å². The molecule has 4 rings (SSSR count). The van der Waals surface area contributed by atoms with Crippen molar-refractivity contribution in [3.05, 3.63) is 41.8 Å². The molecule has 0 radical (unpaired) electrons. The number of carbonyl (C=O) groups excluding carboxylic acids is 1. The van der Waals surface area contributed by atoms with Crippen molar-refractivity contribution in [3.8, 4) is 17.1 Å². The molecule has 0 aromatic carbocycles. The van der Waals surface area contributed by atoms with Crippen molar-refractivity contribution < 1.29 is 31.1 Å². The summed E-state index contributed by atoms with van der Waals surface area (Å²) in [5.74, 6) is -1.04. The van der Waals surface area contributed by atoms with Crippen LogP contribution in [0.1, 0.15) is 37.8 Å². The SMILES string of the molecule is CCC(C(=O)Nc1ccc(-c2cncc(OCC(F)(F)F)n2)cn1)c1csc(NS(=O)(=O)C2CC2)n1. The number of thiazole rings is 1. The first-order valence-electron chi connectivity index (χ1n) is 10.8. The Hall–Kier alpha value is -3.33. The van der Waals surface area contributed by atoms with Crippen LogP contribution >= 0.6 is 11.3 Å². The van der Waals surface area contributed by atoms with Gasteiger partial charge in [0.1, 0.15) is 5.82 Å². The number of carbonyl (C=O) groups is 1. The number of sulfonamides is 1. The van der Waals surface area contributed by atoms with E-state index in [1.807, 2.05) is 0 Å². The van der Waals surface area contributed by atoms with Crippen LogP contribution in [0, 0.1) is 0 Å². The van der Waals surface area contributed by atoms with Gasteiger partial charge in [-0.3, -0.25) is 14.5 Å². The largest absolute Gasteiger partial charge is 0.467 e. The van der Waals surface area contributed by atoms with E-state index in [9.17, 15) is 26.4 Å². The number of pyridine rings is 1. The average Bonchev–Trinajstić information content (AvgIpc) is 3.60. The second-order valence-corrected chi connectivity index (χ2v) is 10.8. The summed E-state index contributed by atoms with van der Waals surface area (Å²) in [5, 5.41) is 4.17. The highest BCUT2D eigenvalue weighted by atomic mass is 32.2. The molecule has 1 unspecified atom stereocenters. The fourth-order valence-electron chi connectivity index (χ4n) is 3.15. The van der Waals surface area contributed by atoms with E-state index in [0.29, 0.717) is 30.5 Å². The number of hydrogen-bond acceptors (Lipinski definition) is 9. The molecule has 3 aromatic heterocycles. The standard InChI is InChI=1S/C21H21F3N6O4S2/c1-2-14(16-10-35-20(28-16)30-36(32,33)13-4-5-13)19(31)29-17-6-3-12(7-26-17)15-8-25-9-18(27-15)34-11-21(22,23)24/h3,6-10,13-14H,2,4-5,11H2,1H3,(H,28,30)(H,26,29,31). The topological polar surface area (TPSA) is 136 Å². The Morgan fingerprint density at radius 1 is 1.22 bits per heavy atom. The summed E-state index contributed by atoms with van der Waals surface area (Å²) in [4.78, 5) is 29.1. The van der Waals surface area contributed by atoms with Gasteiger partial charge in [-0.25, -0.2) is 23.4 Å². The fourth-order valence-corrected chi connectivity index (χ4v) is 5.51. The maximum absolute atomic E-state index is 12.9. The Balaban J connectivity index is 1.40. The van der Waals surface area contributed by atoms with Gasteiger partial charge in [-0.15, -0.1) is 11.3 Å². The number of amides is 1. The lowest BCUT2D eigenvalue weighted by Gasteiger charge is -2.13. The van der Waals surface area contributed by atoms with Gasteiger partial charge in [0.05, 0.1) is 34.9 Å². The van der Waals surface area contributed by atoms with Crippen molar-refractivity contribution >= 4 is 38.2 Å². The van der Waals surface area contributed by atoms with Crippen LogP contribution in [-0.2, 0) is 14.8 Å². The molecule has 3 aromatic rings. The Morgan fingerprint density at radius 2 is 2.00 bits per heavy atom. The van der Waals surface area contributed by atoms with Crippen LogP contribution in [0.3, 0.4) is 0 Å². The van der Waals surface area contributed by atoms with Gasteiger partial charge in [0.15, 0.2) is 11.7 Å². The minimum atomic E-state index is -4.50. The number of hydrogen-bond donors (Lipinski definition) is 2. The molecular formula is C21H21F3N6O4S2. The molecule has 0 saturated heterocycles. The molecule has 1 amide bonds. The summed E-state index contributed by atoms with van der Waals surface area (Å²) in [7, 11) is -3.45. The zero-order valence-electron chi connectivity index (χ0n) is 18.8. The predicted molar refractivity (Wildman–Crippen MR) is 126 cm³/mol. The normalized spacial score (nSPS) is 14.8. The summed E-state index contributed by atoms with van der Waals surface area (Å²) in [6.07, 6.45) is 0.986. The summed E-state index contributed by atoms with van der Waals surface area (Å²) in [5.41, 5.74) is 1.14. The maximum Gasteiger partial charge on any atom is 0.422 e. The molecule has 1 aliphatic carbocycles. The van der Waals surface area contributed by atoms with Crippen LogP contribution in [0.5, 0.6) is 5.88 Å². The molecule has 0 aliphatic heterocycles. The van der Waals surface area contributed by atoms with Crippen LogP contribution in [0.4, 0.5) is 24.1 Å². The van der Waals surface area contributed by atoms with Gasteiger partial charge in [0.2, 0.25) is 21.8 Å². The number of aromatic nitrogens is 4. The Labute approximate surface area is 208 Å². The molecule has 0 spiro atoms. The van der Waals surface area contributed by atoms with Gasteiger partial charge in [-0.1, -0.05) is 6.92 Å². The second-order valence-electron chi connectivity index (χ2n) is 7.95.